The molecular formula is C69H42N4O2. The van der Waals surface area contributed by atoms with Crippen LogP contribution in [-0.4, -0.2) is 19.5 Å². The fraction of sp³-hybridized carbons (Fsp3) is 0. The van der Waals surface area contributed by atoms with E-state index < -0.39 is 0 Å². The molecule has 0 saturated heterocycles. The Morgan fingerprint density at radius 3 is 1.09 bits per heavy atom. The van der Waals surface area contributed by atoms with Crippen molar-refractivity contribution in [2.45, 2.75) is 0 Å². The van der Waals surface area contributed by atoms with E-state index in [-0.39, 0.29) is 0 Å². The normalized spacial score (nSPS) is 11.7. The maximum absolute atomic E-state index is 6.45. The van der Waals surface area contributed by atoms with Crippen molar-refractivity contribution in [1.82, 2.24) is 19.5 Å². The zero-order valence-electron chi connectivity index (χ0n) is 40.4. The lowest BCUT2D eigenvalue weighted by Crippen LogP contribution is -2.04. The van der Waals surface area contributed by atoms with Crippen LogP contribution in [-0.2, 0) is 0 Å². The Balaban J connectivity index is 1.04. The Hall–Kier alpha value is -10.2. The standard InChI is InChI=1S/C69H42N4O2/c1-5-19-43(20-6-1)47-35-37-58-56(39-47)57-40-48(44-21-7-2-8-22-44)36-38-59(57)73(58)66-54(45-23-9-3-10-24-45)41-49(42-55(66)46-25-11-4-12-26-46)67-70-68(52-29-17-33-62-64(52)50-27-13-15-31-60(50)74-62)72-69(71-67)53-30-18-34-63-65(53)51-28-14-16-32-61(51)75-63/h1-42H. The van der Waals surface area contributed by atoms with Gasteiger partial charge in [-0.3, -0.25) is 0 Å². The van der Waals surface area contributed by atoms with Crippen LogP contribution < -0.4 is 0 Å². The molecule has 0 aliphatic heterocycles. The lowest BCUT2D eigenvalue weighted by atomic mass is 9.92. The molecule has 350 valence electrons. The summed E-state index contributed by atoms with van der Waals surface area (Å²) in [5.41, 5.74) is 17.8. The number of benzene rings is 11. The summed E-state index contributed by atoms with van der Waals surface area (Å²) in [7, 11) is 0. The molecule has 0 bridgehead atoms. The maximum Gasteiger partial charge on any atom is 0.164 e. The average molecular weight is 959 g/mol. The summed E-state index contributed by atoms with van der Waals surface area (Å²) in [6.07, 6.45) is 0. The summed E-state index contributed by atoms with van der Waals surface area (Å²) in [5, 5.41) is 6.22. The van der Waals surface area contributed by atoms with Crippen molar-refractivity contribution in [3.63, 3.8) is 0 Å². The molecular weight excluding hydrogens is 917 g/mol. The number of rotatable bonds is 8. The van der Waals surface area contributed by atoms with Crippen LogP contribution in [0.1, 0.15) is 0 Å². The topological polar surface area (TPSA) is 69.9 Å². The van der Waals surface area contributed by atoms with Gasteiger partial charge in [-0.2, -0.15) is 0 Å². The highest BCUT2D eigenvalue weighted by molar-refractivity contribution is 6.15. The Kier molecular flexibility index (Phi) is 9.78. The molecule has 0 atom stereocenters. The van der Waals surface area contributed by atoms with Gasteiger partial charge in [-0.15, -0.1) is 0 Å². The fourth-order valence-corrected chi connectivity index (χ4v) is 11.2. The van der Waals surface area contributed by atoms with E-state index in [1.165, 1.54) is 21.9 Å². The first-order valence-corrected chi connectivity index (χ1v) is 25.2. The van der Waals surface area contributed by atoms with Crippen LogP contribution in [0.25, 0.3) is 150 Å². The van der Waals surface area contributed by atoms with Crippen molar-refractivity contribution < 1.29 is 8.83 Å². The molecule has 15 aromatic rings. The highest BCUT2D eigenvalue weighted by atomic mass is 16.3. The number of fused-ring (bicyclic) bond motifs is 9. The van der Waals surface area contributed by atoms with Gasteiger partial charge in [0.15, 0.2) is 17.5 Å². The quantitative estimate of drug-likeness (QED) is 0.152. The summed E-state index contributed by atoms with van der Waals surface area (Å²) in [4.78, 5) is 16.4. The Morgan fingerprint density at radius 2 is 0.640 bits per heavy atom. The second-order valence-electron chi connectivity index (χ2n) is 19.0. The van der Waals surface area contributed by atoms with Crippen molar-refractivity contribution in [2.24, 2.45) is 0 Å². The Morgan fingerprint density at radius 1 is 0.253 bits per heavy atom. The molecule has 6 nitrogen and oxygen atoms in total. The zero-order valence-corrected chi connectivity index (χ0v) is 40.4. The SMILES string of the molecule is c1ccc(-c2ccc3c(c2)c2cc(-c4ccccc4)ccc2n3-c2c(-c3ccccc3)cc(-c3nc(-c4cccc5oc6ccccc6c45)nc(-c4cccc5oc6ccccc6c45)n3)cc2-c2ccccc2)cc1. The maximum atomic E-state index is 6.45. The van der Waals surface area contributed by atoms with Gasteiger partial charge in [-0.1, -0.05) is 194 Å². The number of furan rings is 2. The van der Waals surface area contributed by atoms with Gasteiger partial charge < -0.3 is 13.4 Å². The average Bonchev–Trinajstić information content (AvgIpc) is 4.20. The van der Waals surface area contributed by atoms with Crippen molar-refractivity contribution >= 4 is 65.7 Å². The smallest absolute Gasteiger partial charge is 0.164 e. The van der Waals surface area contributed by atoms with Crippen molar-refractivity contribution in [1.29, 1.82) is 0 Å². The van der Waals surface area contributed by atoms with E-state index in [2.05, 4.69) is 199 Å². The summed E-state index contributed by atoms with van der Waals surface area (Å²) in [5.74, 6) is 1.61. The van der Waals surface area contributed by atoms with E-state index in [1.54, 1.807) is 0 Å². The molecule has 0 spiro atoms. The summed E-state index contributed by atoms with van der Waals surface area (Å²) in [6.45, 7) is 0. The van der Waals surface area contributed by atoms with E-state index >= 15 is 0 Å². The molecule has 4 aromatic heterocycles. The minimum atomic E-state index is 0.535. The number of para-hydroxylation sites is 2. The molecule has 0 saturated carbocycles. The van der Waals surface area contributed by atoms with Crippen LogP contribution in [0.15, 0.2) is 264 Å². The highest BCUT2D eigenvalue weighted by Crippen LogP contribution is 2.46. The van der Waals surface area contributed by atoms with Gasteiger partial charge in [0.25, 0.3) is 0 Å². The Labute approximate surface area is 431 Å². The molecule has 0 aliphatic carbocycles. The van der Waals surface area contributed by atoms with E-state index in [1.807, 2.05) is 60.7 Å². The molecule has 75 heavy (non-hydrogen) atoms. The first-order valence-electron chi connectivity index (χ1n) is 25.2. The minimum Gasteiger partial charge on any atom is -0.456 e. The molecule has 0 N–H and O–H groups in total. The van der Waals surface area contributed by atoms with E-state index in [4.69, 9.17) is 23.8 Å². The largest absolute Gasteiger partial charge is 0.456 e. The van der Waals surface area contributed by atoms with E-state index in [9.17, 15) is 0 Å². The van der Waals surface area contributed by atoms with Gasteiger partial charge in [0.2, 0.25) is 0 Å². The summed E-state index contributed by atoms with van der Waals surface area (Å²) < 4.78 is 15.4. The van der Waals surface area contributed by atoms with Crippen LogP contribution in [0.2, 0.25) is 0 Å². The van der Waals surface area contributed by atoms with Gasteiger partial charge in [0.1, 0.15) is 22.3 Å². The van der Waals surface area contributed by atoms with Crippen LogP contribution in [0.5, 0.6) is 0 Å². The molecule has 11 aromatic carbocycles. The fourth-order valence-electron chi connectivity index (χ4n) is 11.2. The number of hydrogen-bond donors (Lipinski definition) is 0. The third-order valence-electron chi connectivity index (χ3n) is 14.7. The third kappa shape index (κ3) is 7.07. The monoisotopic (exact) mass is 958 g/mol. The van der Waals surface area contributed by atoms with Gasteiger partial charge in [-0.25, -0.2) is 15.0 Å². The van der Waals surface area contributed by atoms with Crippen molar-refractivity contribution in [2.75, 3.05) is 0 Å². The molecule has 0 radical (unpaired) electrons. The van der Waals surface area contributed by atoms with Crippen LogP contribution >= 0.6 is 0 Å². The molecule has 4 heterocycles. The minimum absolute atomic E-state index is 0.535. The van der Waals surface area contributed by atoms with Gasteiger partial charge in [0.05, 0.1) is 16.7 Å². The highest BCUT2D eigenvalue weighted by Gasteiger charge is 2.25. The number of aromatic nitrogens is 4. The molecule has 6 heteroatoms. The molecule has 0 unspecified atom stereocenters. The molecule has 15 rings (SSSR count). The number of hydrogen-bond acceptors (Lipinski definition) is 5. The van der Waals surface area contributed by atoms with Gasteiger partial charge >= 0.3 is 0 Å². The number of nitrogens with zero attached hydrogens (tertiary/aromatic N) is 4. The van der Waals surface area contributed by atoms with Crippen LogP contribution in [0.3, 0.4) is 0 Å². The molecule has 0 amide bonds. The van der Waals surface area contributed by atoms with Crippen LogP contribution in [0, 0.1) is 0 Å². The van der Waals surface area contributed by atoms with E-state index in [0.29, 0.717) is 17.5 Å². The lowest BCUT2D eigenvalue weighted by Gasteiger charge is -2.21. The van der Waals surface area contributed by atoms with Crippen molar-refractivity contribution in [3.8, 4) is 84.4 Å². The molecule has 0 aliphatic rings. The third-order valence-corrected chi connectivity index (χ3v) is 14.7. The van der Waals surface area contributed by atoms with Crippen molar-refractivity contribution in [3.05, 3.63) is 255 Å². The predicted molar refractivity (Wildman–Crippen MR) is 307 cm³/mol. The predicted octanol–water partition coefficient (Wildman–Crippen LogP) is 18.4. The van der Waals surface area contributed by atoms with Gasteiger partial charge in [-0.05, 0) is 94.0 Å². The lowest BCUT2D eigenvalue weighted by molar-refractivity contribution is 0.668. The second kappa shape index (κ2) is 17.3. The van der Waals surface area contributed by atoms with Gasteiger partial charge in [0, 0.05) is 60.1 Å². The second-order valence-corrected chi connectivity index (χ2v) is 19.0. The van der Waals surface area contributed by atoms with Crippen LogP contribution in [0.4, 0.5) is 0 Å². The summed E-state index contributed by atoms with van der Waals surface area (Å²) >= 11 is 0. The van der Waals surface area contributed by atoms with E-state index in [0.717, 1.165) is 111 Å². The molecule has 0 fully saturated rings. The first-order chi connectivity index (χ1) is 37.2. The first kappa shape index (κ1) is 42.5. The summed E-state index contributed by atoms with van der Waals surface area (Å²) in [6, 6.07) is 89.6. The Bertz CT molecular complexity index is 4400. The zero-order chi connectivity index (χ0) is 49.4.